The Morgan fingerprint density at radius 1 is 1.15 bits per heavy atom. The first-order chi connectivity index (χ1) is 12.8. The number of benzene rings is 1. The molecule has 3 heterocycles. The summed E-state index contributed by atoms with van der Waals surface area (Å²) in [5, 5.41) is 8.22. The average molecular weight is 353 g/mol. The maximum absolute atomic E-state index is 12.5. The van der Waals surface area contributed by atoms with Crippen molar-refractivity contribution in [3.63, 3.8) is 0 Å². The average Bonchev–Trinajstić information content (AvgIpc) is 3.38. The van der Waals surface area contributed by atoms with Crippen LogP contribution in [0, 0.1) is 0 Å². The molecule has 3 aliphatic rings. The number of fused-ring (bicyclic) bond motifs is 2. The maximum Gasteiger partial charge on any atom is 0.267 e. The van der Waals surface area contributed by atoms with Gasteiger partial charge in [-0.1, -0.05) is 12.1 Å². The Morgan fingerprint density at radius 3 is 3.08 bits per heavy atom. The van der Waals surface area contributed by atoms with E-state index in [0.717, 1.165) is 55.8 Å². The summed E-state index contributed by atoms with van der Waals surface area (Å²) >= 11 is 0. The Kier molecular flexibility index (Phi) is 4.02. The lowest BCUT2D eigenvalue weighted by Crippen LogP contribution is -2.41. The maximum atomic E-state index is 12.5. The summed E-state index contributed by atoms with van der Waals surface area (Å²) in [6, 6.07) is 8.16. The molecule has 6 heteroatoms. The van der Waals surface area contributed by atoms with Crippen LogP contribution in [0.5, 0.6) is 5.75 Å². The molecule has 1 aromatic carbocycles. The Hall–Kier alpha value is -2.18. The lowest BCUT2D eigenvalue weighted by molar-refractivity contribution is 0.180. The van der Waals surface area contributed by atoms with Gasteiger partial charge in [0.25, 0.3) is 5.56 Å². The fraction of sp³-hybridized carbons (Fsp3) is 0.500. The number of ether oxygens (including phenoxy) is 2. The van der Waals surface area contributed by atoms with Gasteiger partial charge >= 0.3 is 0 Å². The number of nitrogens with zero attached hydrogens (tertiary/aromatic N) is 2. The molecule has 2 aromatic rings. The van der Waals surface area contributed by atoms with Crippen LogP contribution in [-0.2, 0) is 30.5 Å². The molecular formula is C20H23N3O3. The molecule has 1 saturated heterocycles. The highest BCUT2D eigenvalue weighted by molar-refractivity contribution is 5.39. The van der Waals surface area contributed by atoms with Crippen molar-refractivity contribution in [1.82, 2.24) is 15.1 Å². The van der Waals surface area contributed by atoms with Gasteiger partial charge in [0.1, 0.15) is 5.75 Å². The Bertz CT molecular complexity index is 892. The van der Waals surface area contributed by atoms with E-state index in [9.17, 15) is 4.79 Å². The minimum absolute atomic E-state index is 0.0115. The van der Waals surface area contributed by atoms with Crippen LogP contribution in [0.4, 0.5) is 0 Å². The Morgan fingerprint density at radius 2 is 2.12 bits per heavy atom. The van der Waals surface area contributed by atoms with Crippen molar-refractivity contribution < 1.29 is 9.47 Å². The second kappa shape index (κ2) is 6.52. The number of aromatic nitrogens is 2. The van der Waals surface area contributed by atoms with Crippen LogP contribution in [0.25, 0.3) is 0 Å². The Labute approximate surface area is 152 Å². The molecule has 1 aliphatic carbocycles. The topological polar surface area (TPSA) is 65.4 Å². The molecule has 0 spiro atoms. The van der Waals surface area contributed by atoms with E-state index in [0.29, 0.717) is 13.2 Å². The van der Waals surface area contributed by atoms with Crippen LogP contribution >= 0.6 is 0 Å². The summed E-state index contributed by atoms with van der Waals surface area (Å²) < 4.78 is 12.9. The van der Waals surface area contributed by atoms with Crippen LogP contribution in [0.3, 0.4) is 0 Å². The van der Waals surface area contributed by atoms with Crippen molar-refractivity contribution in [3.05, 3.63) is 57.0 Å². The van der Waals surface area contributed by atoms with E-state index in [4.69, 9.17) is 9.47 Å². The van der Waals surface area contributed by atoms with Gasteiger partial charge in [-0.2, -0.15) is 5.10 Å². The molecule has 2 atom stereocenters. The largest absolute Gasteiger partial charge is 0.493 e. The second-order valence-corrected chi connectivity index (χ2v) is 7.39. The van der Waals surface area contributed by atoms with Gasteiger partial charge < -0.3 is 14.8 Å². The zero-order chi connectivity index (χ0) is 17.5. The van der Waals surface area contributed by atoms with E-state index < -0.39 is 0 Å². The monoisotopic (exact) mass is 353 g/mol. The van der Waals surface area contributed by atoms with E-state index in [2.05, 4.69) is 28.6 Å². The molecule has 0 amide bonds. The minimum atomic E-state index is -0.0499. The number of aryl methyl sites for hydroxylation is 2. The first kappa shape index (κ1) is 16.0. The van der Waals surface area contributed by atoms with Crippen LogP contribution < -0.4 is 15.6 Å². The molecule has 5 rings (SSSR count). The summed E-state index contributed by atoms with van der Waals surface area (Å²) in [7, 11) is 0. The van der Waals surface area contributed by atoms with Gasteiger partial charge in [-0.15, -0.1) is 0 Å². The summed E-state index contributed by atoms with van der Waals surface area (Å²) in [5.41, 5.74) is 4.70. The predicted octanol–water partition coefficient (Wildman–Crippen LogP) is 1.40. The van der Waals surface area contributed by atoms with Gasteiger partial charge in [-0.05, 0) is 42.0 Å². The molecular weight excluding hydrogens is 330 g/mol. The Balaban J connectivity index is 1.33. The lowest BCUT2D eigenvalue weighted by atomic mass is 10.1. The third-order valence-electron chi connectivity index (χ3n) is 5.67. The number of hydrogen-bond donors (Lipinski definition) is 1. The van der Waals surface area contributed by atoms with Crippen molar-refractivity contribution in [2.45, 2.75) is 44.3 Å². The molecule has 2 aliphatic heterocycles. The molecule has 26 heavy (non-hydrogen) atoms. The fourth-order valence-electron chi connectivity index (χ4n) is 4.23. The minimum Gasteiger partial charge on any atom is -0.493 e. The standard InChI is InChI=1S/C20H23N3O3/c24-20-9-14-2-1-3-16(14)22-23(20)18-12-25-11-17(18)21-10-13-4-5-19-15(8-13)6-7-26-19/h4-5,8-9,17-18,21H,1-3,6-7,10-12H2. The second-order valence-electron chi connectivity index (χ2n) is 7.39. The molecule has 0 saturated carbocycles. The summed E-state index contributed by atoms with van der Waals surface area (Å²) in [6.07, 6.45) is 4.02. The summed E-state index contributed by atoms with van der Waals surface area (Å²) in [5.74, 6) is 1.00. The SMILES string of the molecule is O=c1cc2c(nn1C1COCC1NCc1ccc3c(c1)CCO3)CCC2. The van der Waals surface area contributed by atoms with Crippen LogP contribution in [0.1, 0.15) is 34.8 Å². The third-order valence-corrected chi connectivity index (χ3v) is 5.67. The molecule has 136 valence electrons. The van der Waals surface area contributed by atoms with Crippen LogP contribution in [-0.4, -0.2) is 35.6 Å². The highest BCUT2D eigenvalue weighted by Crippen LogP contribution is 2.26. The normalized spacial score (nSPS) is 23.7. The lowest BCUT2D eigenvalue weighted by Gasteiger charge is -2.21. The zero-order valence-corrected chi connectivity index (χ0v) is 14.7. The summed E-state index contributed by atoms with van der Waals surface area (Å²) in [4.78, 5) is 12.5. The third kappa shape index (κ3) is 2.83. The zero-order valence-electron chi connectivity index (χ0n) is 14.7. The quantitative estimate of drug-likeness (QED) is 0.900. The summed E-state index contributed by atoms with van der Waals surface area (Å²) in [6.45, 7) is 2.65. The van der Waals surface area contributed by atoms with Crippen molar-refractivity contribution in [2.24, 2.45) is 0 Å². The van der Waals surface area contributed by atoms with Gasteiger partial charge in [-0.25, -0.2) is 4.68 Å². The number of hydrogen-bond acceptors (Lipinski definition) is 5. The molecule has 1 fully saturated rings. The fourth-order valence-corrected chi connectivity index (χ4v) is 4.23. The highest BCUT2D eigenvalue weighted by Gasteiger charge is 2.32. The van der Waals surface area contributed by atoms with Crippen LogP contribution in [0.15, 0.2) is 29.1 Å². The van der Waals surface area contributed by atoms with Gasteiger partial charge in [0.2, 0.25) is 0 Å². The van der Waals surface area contributed by atoms with Gasteiger partial charge in [0.05, 0.1) is 37.6 Å². The van der Waals surface area contributed by atoms with Crippen LogP contribution in [0.2, 0.25) is 0 Å². The highest BCUT2D eigenvalue weighted by atomic mass is 16.5. The molecule has 1 aromatic heterocycles. The van der Waals surface area contributed by atoms with Gasteiger partial charge in [0.15, 0.2) is 0 Å². The molecule has 6 nitrogen and oxygen atoms in total. The van der Waals surface area contributed by atoms with Crippen molar-refractivity contribution in [3.8, 4) is 5.75 Å². The van der Waals surface area contributed by atoms with Gasteiger partial charge in [0, 0.05) is 19.0 Å². The van der Waals surface area contributed by atoms with Crippen molar-refractivity contribution in [1.29, 1.82) is 0 Å². The molecule has 2 unspecified atom stereocenters. The first-order valence-electron chi connectivity index (χ1n) is 9.45. The van der Waals surface area contributed by atoms with Crippen molar-refractivity contribution >= 4 is 0 Å². The van der Waals surface area contributed by atoms with E-state index in [1.54, 1.807) is 10.7 Å². The predicted molar refractivity (Wildman–Crippen MR) is 96.6 cm³/mol. The smallest absolute Gasteiger partial charge is 0.267 e. The van der Waals surface area contributed by atoms with E-state index in [1.807, 2.05) is 0 Å². The van der Waals surface area contributed by atoms with E-state index in [1.165, 1.54) is 11.1 Å². The van der Waals surface area contributed by atoms with E-state index >= 15 is 0 Å². The molecule has 0 radical (unpaired) electrons. The van der Waals surface area contributed by atoms with Gasteiger partial charge in [-0.3, -0.25) is 4.79 Å². The van der Waals surface area contributed by atoms with E-state index in [-0.39, 0.29) is 17.6 Å². The first-order valence-corrected chi connectivity index (χ1v) is 9.45. The number of nitrogens with one attached hydrogen (secondary N) is 1. The molecule has 1 N–H and O–H groups in total. The number of rotatable bonds is 4. The molecule has 0 bridgehead atoms. The van der Waals surface area contributed by atoms with Crippen molar-refractivity contribution in [2.75, 3.05) is 19.8 Å².